The van der Waals surface area contributed by atoms with Crippen molar-refractivity contribution >= 4 is 5.71 Å². The second kappa shape index (κ2) is 6.53. The molecular weight excluding hydrogens is 246 g/mol. The summed E-state index contributed by atoms with van der Waals surface area (Å²) in [4.78, 5) is 10.3. The standard InChI is InChI=1S/C13H17N3O3/c1-9(14)13(16(17)18)10(2)15-8-11-4-6-12(19-3)7-5-11/h4-7,14-15H,8H2,1-3H3/b13-10+,14-9?. The van der Waals surface area contributed by atoms with Crippen molar-refractivity contribution in [2.45, 2.75) is 20.4 Å². The zero-order valence-corrected chi connectivity index (χ0v) is 11.2. The number of nitrogens with zero attached hydrogens (tertiary/aromatic N) is 1. The highest BCUT2D eigenvalue weighted by Crippen LogP contribution is 2.12. The summed E-state index contributed by atoms with van der Waals surface area (Å²) in [5.41, 5.74) is 1.11. The summed E-state index contributed by atoms with van der Waals surface area (Å²) in [6.45, 7) is 3.46. The van der Waals surface area contributed by atoms with Crippen LogP contribution in [0.4, 0.5) is 0 Å². The van der Waals surface area contributed by atoms with E-state index in [-0.39, 0.29) is 11.4 Å². The van der Waals surface area contributed by atoms with Gasteiger partial charge in [0.1, 0.15) is 11.5 Å². The van der Waals surface area contributed by atoms with E-state index < -0.39 is 4.92 Å². The average molecular weight is 263 g/mol. The van der Waals surface area contributed by atoms with Crippen molar-refractivity contribution in [1.82, 2.24) is 5.32 Å². The molecule has 0 spiro atoms. The second-order valence-corrected chi connectivity index (χ2v) is 4.06. The van der Waals surface area contributed by atoms with Crippen LogP contribution in [0.15, 0.2) is 35.7 Å². The summed E-state index contributed by atoms with van der Waals surface area (Å²) < 4.78 is 5.05. The quantitative estimate of drug-likeness (QED) is 0.468. The van der Waals surface area contributed by atoms with Crippen molar-refractivity contribution in [3.05, 3.63) is 51.3 Å². The molecule has 0 aromatic heterocycles. The van der Waals surface area contributed by atoms with Gasteiger partial charge >= 0.3 is 5.70 Å². The zero-order chi connectivity index (χ0) is 14.4. The molecule has 2 N–H and O–H groups in total. The summed E-state index contributed by atoms with van der Waals surface area (Å²) in [6.07, 6.45) is 0. The van der Waals surface area contributed by atoms with E-state index in [4.69, 9.17) is 10.1 Å². The Kier molecular flexibility index (Phi) is 5.05. The van der Waals surface area contributed by atoms with Crippen LogP contribution in [0.25, 0.3) is 0 Å². The molecule has 0 aliphatic rings. The van der Waals surface area contributed by atoms with Gasteiger partial charge in [-0.2, -0.15) is 0 Å². The molecule has 0 fully saturated rings. The molecule has 6 nitrogen and oxygen atoms in total. The van der Waals surface area contributed by atoms with Gasteiger partial charge in [-0.25, -0.2) is 0 Å². The lowest BCUT2D eigenvalue weighted by Crippen LogP contribution is -2.19. The Morgan fingerprint density at radius 3 is 2.37 bits per heavy atom. The van der Waals surface area contributed by atoms with Crippen molar-refractivity contribution in [1.29, 1.82) is 5.41 Å². The minimum absolute atomic E-state index is 0.0651. The number of methoxy groups -OCH3 is 1. The Bertz CT molecular complexity index is 490. The number of benzene rings is 1. The van der Waals surface area contributed by atoms with Crippen LogP contribution < -0.4 is 10.1 Å². The van der Waals surface area contributed by atoms with Crippen LogP contribution in [-0.2, 0) is 6.54 Å². The topological polar surface area (TPSA) is 88.2 Å². The first-order valence-electron chi connectivity index (χ1n) is 5.73. The highest BCUT2D eigenvalue weighted by molar-refractivity contribution is 5.93. The van der Waals surface area contributed by atoms with Crippen LogP contribution in [0.1, 0.15) is 19.4 Å². The third-order valence-electron chi connectivity index (χ3n) is 2.61. The van der Waals surface area contributed by atoms with Crippen LogP contribution in [0.3, 0.4) is 0 Å². The fourth-order valence-corrected chi connectivity index (χ4v) is 1.62. The maximum atomic E-state index is 10.8. The first-order valence-corrected chi connectivity index (χ1v) is 5.73. The third kappa shape index (κ3) is 4.09. The lowest BCUT2D eigenvalue weighted by molar-refractivity contribution is -0.416. The fourth-order valence-electron chi connectivity index (χ4n) is 1.62. The van der Waals surface area contributed by atoms with E-state index in [1.165, 1.54) is 6.92 Å². The Hall–Kier alpha value is -2.37. The predicted molar refractivity (Wildman–Crippen MR) is 72.9 cm³/mol. The minimum atomic E-state index is -0.543. The van der Waals surface area contributed by atoms with Crippen molar-refractivity contribution in [3.8, 4) is 5.75 Å². The average Bonchev–Trinajstić information content (AvgIpc) is 2.36. The number of hydrogen-bond donors (Lipinski definition) is 2. The highest BCUT2D eigenvalue weighted by atomic mass is 16.6. The van der Waals surface area contributed by atoms with Gasteiger partial charge in [0.15, 0.2) is 0 Å². The van der Waals surface area contributed by atoms with Crippen molar-refractivity contribution in [3.63, 3.8) is 0 Å². The minimum Gasteiger partial charge on any atom is -0.497 e. The molecule has 1 aromatic carbocycles. The van der Waals surface area contributed by atoms with Crippen LogP contribution in [0.5, 0.6) is 5.75 Å². The Morgan fingerprint density at radius 2 is 1.95 bits per heavy atom. The predicted octanol–water partition coefficient (Wildman–Crippen LogP) is 2.33. The largest absolute Gasteiger partial charge is 0.497 e. The van der Waals surface area contributed by atoms with Gasteiger partial charge in [-0.3, -0.25) is 15.5 Å². The summed E-state index contributed by atoms with van der Waals surface area (Å²) in [5, 5.41) is 21.2. The van der Waals surface area contributed by atoms with E-state index in [1.807, 2.05) is 24.3 Å². The SMILES string of the molecule is COc1ccc(CN/C(C)=C(\C(C)=N)[N+](=O)[O-])cc1. The van der Waals surface area contributed by atoms with E-state index >= 15 is 0 Å². The summed E-state index contributed by atoms with van der Waals surface area (Å²) >= 11 is 0. The molecule has 0 bridgehead atoms. The molecule has 0 aliphatic heterocycles. The lowest BCUT2D eigenvalue weighted by Gasteiger charge is -2.08. The van der Waals surface area contributed by atoms with Gasteiger partial charge in [-0.05, 0) is 31.5 Å². The molecule has 1 rings (SSSR count). The molecule has 0 heterocycles. The molecule has 19 heavy (non-hydrogen) atoms. The fraction of sp³-hybridized carbons (Fsp3) is 0.308. The highest BCUT2D eigenvalue weighted by Gasteiger charge is 2.17. The number of allylic oxidation sites excluding steroid dienone is 2. The van der Waals surface area contributed by atoms with Crippen LogP contribution in [0.2, 0.25) is 0 Å². The summed E-state index contributed by atoms with van der Waals surface area (Å²) in [5.74, 6) is 0.761. The maximum absolute atomic E-state index is 10.8. The maximum Gasteiger partial charge on any atom is 0.308 e. The van der Waals surface area contributed by atoms with Crippen molar-refractivity contribution < 1.29 is 9.66 Å². The summed E-state index contributed by atoms with van der Waals surface area (Å²) in [7, 11) is 1.59. The van der Waals surface area contributed by atoms with E-state index in [0.29, 0.717) is 12.2 Å². The first kappa shape index (κ1) is 14.7. The van der Waals surface area contributed by atoms with E-state index in [2.05, 4.69) is 5.32 Å². The van der Waals surface area contributed by atoms with E-state index in [9.17, 15) is 10.1 Å². The number of nitrogens with one attached hydrogen (secondary N) is 2. The van der Waals surface area contributed by atoms with Crippen LogP contribution >= 0.6 is 0 Å². The normalized spacial score (nSPS) is 11.5. The molecule has 0 saturated heterocycles. The van der Waals surface area contributed by atoms with Gasteiger partial charge < -0.3 is 10.1 Å². The molecule has 0 radical (unpaired) electrons. The van der Waals surface area contributed by atoms with Crippen molar-refractivity contribution in [2.24, 2.45) is 0 Å². The molecular formula is C13H17N3O3. The molecule has 0 atom stereocenters. The van der Waals surface area contributed by atoms with Gasteiger partial charge in [0.25, 0.3) is 0 Å². The lowest BCUT2D eigenvalue weighted by atomic mass is 10.2. The number of nitro groups is 1. The Labute approximate surface area is 111 Å². The Balaban J connectivity index is 2.76. The van der Waals surface area contributed by atoms with E-state index in [0.717, 1.165) is 11.3 Å². The van der Waals surface area contributed by atoms with Gasteiger partial charge in [-0.15, -0.1) is 0 Å². The van der Waals surface area contributed by atoms with Gasteiger partial charge in [-0.1, -0.05) is 12.1 Å². The monoisotopic (exact) mass is 263 g/mol. The smallest absolute Gasteiger partial charge is 0.308 e. The van der Waals surface area contributed by atoms with Crippen LogP contribution in [0, 0.1) is 15.5 Å². The number of ether oxygens (including phenoxy) is 1. The molecule has 6 heteroatoms. The molecule has 0 amide bonds. The summed E-state index contributed by atoms with van der Waals surface area (Å²) in [6, 6.07) is 7.41. The second-order valence-electron chi connectivity index (χ2n) is 4.06. The van der Waals surface area contributed by atoms with E-state index in [1.54, 1.807) is 14.0 Å². The van der Waals surface area contributed by atoms with Gasteiger partial charge in [0.05, 0.1) is 17.7 Å². The molecule has 0 unspecified atom stereocenters. The molecule has 1 aromatic rings. The zero-order valence-electron chi connectivity index (χ0n) is 11.2. The number of rotatable bonds is 6. The van der Waals surface area contributed by atoms with Gasteiger partial charge in [0, 0.05) is 6.54 Å². The first-order chi connectivity index (χ1) is 8.95. The molecule has 0 aliphatic carbocycles. The molecule has 0 saturated carbocycles. The van der Waals surface area contributed by atoms with Crippen LogP contribution in [-0.4, -0.2) is 17.7 Å². The van der Waals surface area contributed by atoms with Crippen molar-refractivity contribution in [2.75, 3.05) is 7.11 Å². The molecule has 102 valence electrons. The Morgan fingerprint density at radius 1 is 1.37 bits per heavy atom. The third-order valence-corrected chi connectivity index (χ3v) is 2.61. The number of hydrogen-bond acceptors (Lipinski definition) is 5. The van der Waals surface area contributed by atoms with Gasteiger partial charge in [0.2, 0.25) is 0 Å².